The molecule has 1 amide bonds. The van der Waals surface area contributed by atoms with Crippen LogP contribution in [0.3, 0.4) is 0 Å². The summed E-state index contributed by atoms with van der Waals surface area (Å²) >= 11 is 1.60. The maximum atomic E-state index is 11.7. The summed E-state index contributed by atoms with van der Waals surface area (Å²) in [5.74, 6) is -0.273. The van der Waals surface area contributed by atoms with E-state index in [1.807, 2.05) is 0 Å². The summed E-state index contributed by atoms with van der Waals surface area (Å²) in [6.07, 6.45) is 3.00. The largest absolute Gasteiger partial charge is 0.480 e. The van der Waals surface area contributed by atoms with Crippen molar-refractivity contribution < 1.29 is 19.4 Å². The molecule has 1 heterocycles. The highest BCUT2D eigenvalue weighted by Crippen LogP contribution is 2.25. The van der Waals surface area contributed by atoms with E-state index in [1.54, 1.807) is 11.8 Å². The highest BCUT2D eigenvalue weighted by molar-refractivity contribution is 8.00. The van der Waals surface area contributed by atoms with Crippen LogP contribution in [0.5, 0.6) is 0 Å². The van der Waals surface area contributed by atoms with Gasteiger partial charge < -0.3 is 15.2 Å². The van der Waals surface area contributed by atoms with Gasteiger partial charge in [0.2, 0.25) is 5.91 Å². The minimum atomic E-state index is -1.06. The van der Waals surface area contributed by atoms with E-state index in [-0.39, 0.29) is 17.8 Å². The first-order valence-corrected chi connectivity index (χ1v) is 6.33. The van der Waals surface area contributed by atoms with E-state index in [0.29, 0.717) is 0 Å². The first-order chi connectivity index (χ1) is 7.65. The molecule has 0 radical (unpaired) electrons. The van der Waals surface area contributed by atoms with Crippen LogP contribution in [0.2, 0.25) is 0 Å². The van der Waals surface area contributed by atoms with Crippen molar-refractivity contribution in [1.29, 1.82) is 0 Å². The molecule has 1 saturated heterocycles. The maximum Gasteiger partial charge on any atom is 0.328 e. The third kappa shape index (κ3) is 4.02. The van der Waals surface area contributed by atoms with Crippen molar-refractivity contribution in [3.63, 3.8) is 0 Å². The zero-order valence-corrected chi connectivity index (χ0v) is 10.1. The zero-order chi connectivity index (χ0) is 12.0. The van der Waals surface area contributed by atoms with Gasteiger partial charge in [0.15, 0.2) is 6.04 Å². The number of nitrogens with one attached hydrogen (secondary N) is 1. The van der Waals surface area contributed by atoms with Gasteiger partial charge >= 0.3 is 5.97 Å². The molecule has 2 N–H and O–H groups in total. The topological polar surface area (TPSA) is 75.6 Å². The normalized spacial score (nSPS) is 22.4. The maximum absolute atomic E-state index is 11.7. The number of rotatable bonds is 5. The Hall–Kier alpha value is -0.750. The number of carbonyl (C=O) groups excluding carboxylic acids is 1. The predicted molar refractivity (Wildman–Crippen MR) is 61.5 cm³/mol. The number of aliphatic carboxylic acids is 1. The van der Waals surface area contributed by atoms with Crippen LogP contribution >= 0.6 is 11.8 Å². The standard InChI is InChI=1S/C10H17NO4S/c1-15-6-7(10(13)14)11-9(12)8-4-2-3-5-16-8/h7-8H,2-6H2,1H3,(H,11,12)(H,13,14). The number of carbonyl (C=O) groups is 2. The van der Waals surface area contributed by atoms with Gasteiger partial charge in [-0.25, -0.2) is 4.79 Å². The summed E-state index contributed by atoms with van der Waals surface area (Å²) in [7, 11) is 1.41. The number of hydrogen-bond acceptors (Lipinski definition) is 4. The summed E-state index contributed by atoms with van der Waals surface area (Å²) in [5, 5.41) is 11.2. The molecular formula is C10H17NO4S. The molecule has 16 heavy (non-hydrogen) atoms. The lowest BCUT2D eigenvalue weighted by Gasteiger charge is -2.22. The fraction of sp³-hybridized carbons (Fsp3) is 0.800. The van der Waals surface area contributed by atoms with Crippen molar-refractivity contribution in [2.24, 2.45) is 0 Å². The molecule has 6 heteroatoms. The summed E-state index contributed by atoms with van der Waals surface area (Å²) in [6.45, 7) is -0.00153. The minimum Gasteiger partial charge on any atom is -0.480 e. The van der Waals surface area contributed by atoms with Crippen molar-refractivity contribution in [1.82, 2.24) is 5.32 Å². The Kier molecular flexibility index (Phi) is 5.62. The van der Waals surface area contributed by atoms with Crippen LogP contribution in [-0.2, 0) is 14.3 Å². The van der Waals surface area contributed by atoms with E-state index >= 15 is 0 Å². The third-order valence-electron chi connectivity index (χ3n) is 2.42. The number of methoxy groups -OCH3 is 1. The molecule has 92 valence electrons. The number of ether oxygens (including phenoxy) is 1. The van der Waals surface area contributed by atoms with Gasteiger partial charge in [-0.1, -0.05) is 6.42 Å². The summed E-state index contributed by atoms with van der Waals surface area (Å²) in [6, 6.07) is -0.944. The van der Waals surface area contributed by atoms with Crippen LogP contribution in [0.15, 0.2) is 0 Å². The molecule has 0 aromatic rings. The average molecular weight is 247 g/mol. The fourth-order valence-corrected chi connectivity index (χ4v) is 2.76. The predicted octanol–water partition coefficient (Wildman–Crippen LogP) is 0.488. The molecule has 0 aromatic heterocycles. The van der Waals surface area contributed by atoms with Crippen LogP contribution in [0.1, 0.15) is 19.3 Å². The van der Waals surface area contributed by atoms with Gasteiger partial charge in [-0.2, -0.15) is 0 Å². The zero-order valence-electron chi connectivity index (χ0n) is 9.27. The second kappa shape index (κ2) is 6.75. The van der Waals surface area contributed by atoms with Crippen molar-refractivity contribution in [3.05, 3.63) is 0 Å². The lowest BCUT2D eigenvalue weighted by atomic mass is 10.1. The lowest BCUT2D eigenvalue weighted by Crippen LogP contribution is -2.47. The van der Waals surface area contributed by atoms with E-state index in [9.17, 15) is 9.59 Å². The number of amides is 1. The second-order valence-electron chi connectivity index (χ2n) is 3.71. The summed E-state index contributed by atoms with van der Waals surface area (Å²) < 4.78 is 4.75. The number of hydrogen-bond donors (Lipinski definition) is 2. The highest BCUT2D eigenvalue weighted by Gasteiger charge is 2.26. The Morgan fingerprint density at radius 3 is 2.81 bits per heavy atom. The molecule has 1 aliphatic rings. The molecule has 1 aliphatic heterocycles. The van der Waals surface area contributed by atoms with Gasteiger partial charge in [-0.3, -0.25) is 4.79 Å². The molecule has 0 bridgehead atoms. The van der Waals surface area contributed by atoms with Crippen LogP contribution in [0, 0.1) is 0 Å². The smallest absolute Gasteiger partial charge is 0.328 e. The lowest BCUT2D eigenvalue weighted by molar-refractivity contribution is -0.143. The minimum absolute atomic E-state index is 0.00153. The molecule has 5 nitrogen and oxygen atoms in total. The van der Waals surface area contributed by atoms with E-state index in [2.05, 4.69) is 5.32 Å². The molecule has 2 unspecified atom stereocenters. The Labute approximate surface area is 98.9 Å². The van der Waals surface area contributed by atoms with E-state index in [4.69, 9.17) is 9.84 Å². The summed E-state index contributed by atoms with van der Waals surface area (Å²) in [4.78, 5) is 22.5. The van der Waals surface area contributed by atoms with Crippen molar-refractivity contribution >= 4 is 23.6 Å². The van der Waals surface area contributed by atoms with Crippen molar-refractivity contribution in [2.45, 2.75) is 30.6 Å². The van der Waals surface area contributed by atoms with Gasteiger partial charge in [0, 0.05) is 7.11 Å². The van der Waals surface area contributed by atoms with Crippen LogP contribution < -0.4 is 5.32 Å². The third-order valence-corrected chi connectivity index (χ3v) is 3.80. The molecule has 0 spiro atoms. The first kappa shape index (κ1) is 13.3. The van der Waals surface area contributed by atoms with E-state index in [0.717, 1.165) is 25.0 Å². The van der Waals surface area contributed by atoms with Gasteiger partial charge in [0.05, 0.1) is 11.9 Å². The molecular weight excluding hydrogens is 230 g/mol. The molecule has 0 aromatic carbocycles. The van der Waals surface area contributed by atoms with E-state index in [1.165, 1.54) is 7.11 Å². The number of carboxylic acids is 1. The Morgan fingerprint density at radius 2 is 2.31 bits per heavy atom. The number of carboxylic acid groups (broad SMARTS) is 1. The molecule has 0 saturated carbocycles. The van der Waals surface area contributed by atoms with Crippen LogP contribution in [0.25, 0.3) is 0 Å². The quantitative estimate of drug-likeness (QED) is 0.739. The molecule has 1 fully saturated rings. The number of thioether (sulfide) groups is 1. The molecule has 0 aliphatic carbocycles. The summed E-state index contributed by atoms with van der Waals surface area (Å²) in [5.41, 5.74) is 0. The monoisotopic (exact) mass is 247 g/mol. The first-order valence-electron chi connectivity index (χ1n) is 5.29. The Bertz CT molecular complexity index is 253. The average Bonchev–Trinajstić information content (AvgIpc) is 2.29. The fourth-order valence-electron chi connectivity index (χ4n) is 1.55. The molecule has 1 rings (SSSR count). The van der Waals surface area contributed by atoms with Gasteiger partial charge in [-0.15, -0.1) is 11.8 Å². The van der Waals surface area contributed by atoms with Crippen molar-refractivity contribution in [3.8, 4) is 0 Å². The highest BCUT2D eigenvalue weighted by atomic mass is 32.2. The van der Waals surface area contributed by atoms with Crippen LogP contribution in [-0.4, -0.2) is 47.7 Å². The van der Waals surface area contributed by atoms with Gasteiger partial charge in [0.25, 0.3) is 0 Å². The Morgan fingerprint density at radius 1 is 1.56 bits per heavy atom. The van der Waals surface area contributed by atoms with Crippen molar-refractivity contribution in [2.75, 3.05) is 19.5 Å². The van der Waals surface area contributed by atoms with Gasteiger partial charge in [-0.05, 0) is 18.6 Å². The molecule has 2 atom stereocenters. The SMILES string of the molecule is COCC(NC(=O)C1CCCCS1)C(=O)O. The van der Waals surface area contributed by atoms with Crippen LogP contribution in [0.4, 0.5) is 0 Å². The van der Waals surface area contributed by atoms with Gasteiger partial charge in [0.1, 0.15) is 0 Å². The van der Waals surface area contributed by atoms with E-state index < -0.39 is 12.0 Å². The second-order valence-corrected chi connectivity index (χ2v) is 5.02. The Balaban J connectivity index is 2.43.